The van der Waals surface area contributed by atoms with Crippen molar-refractivity contribution in [2.75, 3.05) is 26.3 Å². The Bertz CT molecular complexity index is 461. The summed E-state index contributed by atoms with van der Waals surface area (Å²) < 4.78 is 7.42. The maximum absolute atomic E-state index is 5.34. The van der Waals surface area contributed by atoms with E-state index in [1.54, 1.807) is 6.33 Å². The quantitative estimate of drug-likeness (QED) is 0.252. The Morgan fingerprint density at radius 3 is 2.96 bits per heavy atom. The van der Waals surface area contributed by atoms with Gasteiger partial charge in [0.15, 0.2) is 5.96 Å². The number of hydrogen-bond donors (Lipinski definition) is 2. The number of halogens is 1. The largest absolute Gasteiger partial charge is 0.382 e. The van der Waals surface area contributed by atoms with E-state index in [0.717, 1.165) is 57.5 Å². The maximum atomic E-state index is 5.34. The van der Waals surface area contributed by atoms with Crippen LogP contribution in [0.5, 0.6) is 0 Å². The molecule has 0 radical (unpaired) electrons. The molecular weight excluding hydrogens is 407 g/mol. The molecule has 1 aromatic rings. The Morgan fingerprint density at radius 2 is 2.26 bits per heavy atom. The molecular formula is C15H29IN6O. The minimum atomic E-state index is 0. The Kier molecular flexibility index (Phi) is 10.2. The van der Waals surface area contributed by atoms with E-state index in [9.17, 15) is 0 Å². The molecule has 2 rings (SSSR count). The van der Waals surface area contributed by atoms with Gasteiger partial charge in [0.05, 0.1) is 0 Å². The van der Waals surface area contributed by atoms with Crippen molar-refractivity contribution in [3.05, 3.63) is 12.2 Å². The number of nitrogens with one attached hydrogen (secondary N) is 2. The van der Waals surface area contributed by atoms with Crippen LogP contribution < -0.4 is 10.6 Å². The molecule has 1 heterocycles. The third-order valence-corrected chi connectivity index (χ3v) is 3.50. The fourth-order valence-corrected chi connectivity index (χ4v) is 2.11. The molecule has 1 fully saturated rings. The molecule has 0 atom stereocenters. The summed E-state index contributed by atoms with van der Waals surface area (Å²) in [5.74, 6) is 1.93. The summed E-state index contributed by atoms with van der Waals surface area (Å²) in [6, 6.07) is 0.597. The Balaban J connectivity index is 0.00000264. The molecule has 2 N–H and O–H groups in total. The van der Waals surface area contributed by atoms with E-state index in [1.165, 1.54) is 12.8 Å². The summed E-state index contributed by atoms with van der Waals surface area (Å²) in [5.41, 5.74) is 0. The number of aryl methyl sites for hydroxylation is 1. The minimum absolute atomic E-state index is 0. The van der Waals surface area contributed by atoms with E-state index in [2.05, 4.69) is 37.3 Å². The molecule has 23 heavy (non-hydrogen) atoms. The van der Waals surface area contributed by atoms with Gasteiger partial charge in [-0.1, -0.05) is 6.92 Å². The van der Waals surface area contributed by atoms with Crippen molar-refractivity contribution < 1.29 is 4.74 Å². The number of guanidine groups is 1. The highest BCUT2D eigenvalue weighted by Gasteiger charge is 2.22. The second-order valence-corrected chi connectivity index (χ2v) is 5.42. The van der Waals surface area contributed by atoms with Crippen LogP contribution in [0, 0.1) is 0 Å². The molecule has 0 amide bonds. The summed E-state index contributed by atoms with van der Waals surface area (Å²) in [4.78, 5) is 4.61. The minimum Gasteiger partial charge on any atom is -0.382 e. The van der Waals surface area contributed by atoms with Gasteiger partial charge in [-0.15, -0.1) is 34.2 Å². The number of ether oxygens (including phenoxy) is 1. The predicted octanol–water partition coefficient (Wildman–Crippen LogP) is 1.58. The molecule has 1 aliphatic rings. The van der Waals surface area contributed by atoms with Crippen LogP contribution in [0.25, 0.3) is 0 Å². The highest BCUT2D eigenvalue weighted by atomic mass is 127. The third kappa shape index (κ3) is 7.96. The van der Waals surface area contributed by atoms with Gasteiger partial charge in [-0.3, -0.25) is 4.99 Å². The fourth-order valence-electron chi connectivity index (χ4n) is 2.11. The Labute approximate surface area is 155 Å². The highest BCUT2D eigenvalue weighted by molar-refractivity contribution is 14.0. The third-order valence-electron chi connectivity index (χ3n) is 3.50. The van der Waals surface area contributed by atoms with Gasteiger partial charge in [-0.25, -0.2) is 0 Å². The van der Waals surface area contributed by atoms with Gasteiger partial charge in [0.25, 0.3) is 0 Å². The van der Waals surface area contributed by atoms with E-state index >= 15 is 0 Å². The van der Waals surface area contributed by atoms with Crippen molar-refractivity contribution in [2.24, 2.45) is 4.99 Å². The average molecular weight is 436 g/mol. The first-order chi connectivity index (χ1) is 10.8. The zero-order valence-corrected chi connectivity index (χ0v) is 16.5. The molecule has 0 bridgehead atoms. The van der Waals surface area contributed by atoms with Crippen molar-refractivity contribution in [3.8, 4) is 0 Å². The normalized spacial score (nSPS) is 14.4. The molecule has 1 aliphatic carbocycles. The topological polar surface area (TPSA) is 76.4 Å². The van der Waals surface area contributed by atoms with Gasteiger partial charge >= 0.3 is 0 Å². The highest BCUT2D eigenvalue weighted by Crippen LogP contribution is 2.18. The van der Waals surface area contributed by atoms with Crippen LogP contribution in [-0.2, 0) is 17.7 Å². The van der Waals surface area contributed by atoms with Gasteiger partial charge in [-0.05, 0) is 26.2 Å². The fraction of sp³-hybridized carbons (Fsp3) is 0.800. The van der Waals surface area contributed by atoms with Crippen LogP contribution >= 0.6 is 24.0 Å². The van der Waals surface area contributed by atoms with Crippen LogP contribution in [0.2, 0.25) is 0 Å². The number of aliphatic imine (C=N–C) groups is 1. The summed E-state index contributed by atoms with van der Waals surface area (Å²) in [5, 5.41) is 14.9. The second-order valence-electron chi connectivity index (χ2n) is 5.42. The van der Waals surface area contributed by atoms with E-state index in [-0.39, 0.29) is 24.0 Å². The number of nitrogens with zero attached hydrogens (tertiary/aromatic N) is 4. The molecule has 0 spiro atoms. The van der Waals surface area contributed by atoms with E-state index in [0.29, 0.717) is 6.04 Å². The van der Waals surface area contributed by atoms with Crippen LogP contribution in [0.15, 0.2) is 11.3 Å². The smallest absolute Gasteiger partial charge is 0.191 e. The molecule has 1 aromatic heterocycles. The van der Waals surface area contributed by atoms with Gasteiger partial charge in [0.1, 0.15) is 12.2 Å². The van der Waals surface area contributed by atoms with E-state index in [4.69, 9.17) is 4.74 Å². The number of aromatic nitrogens is 3. The average Bonchev–Trinajstić information content (AvgIpc) is 3.22. The van der Waals surface area contributed by atoms with Crippen LogP contribution in [0.1, 0.15) is 38.9 Å². The second kappa shape index (κ2) is 11.6. The van der Waals surface area contributed by atoms with Crippen molar-refractivity contribution >= 4 is 29.9 Å². The standard InChI is InChI=1S/C15H28N6O.HI/c1-3-14-20-18-12-21(14)10-9-17-15(19-13-6-7-13)16-8-5-11-22-4-2;/h12-13H,3-11H2,1-2H3,(H2,16,17,19);1H. The monoisotopic (exact) mass is 436 g/mol. The lowest BCUT2D eigenvalue weighted by molar-refractivity contribution is 0.146. The van der Waals surface area contributed by atoms with Crippen LogP contribution in [0.4, 0.5) is 0 Å². The molecule has 0 aromatic carbocycles. The van der Waals surface area contributed by atoms with Gasteiger partial charge in [0.2, 0.25) is 0 Å². The number of rotatable bonds is 10. The van der Waals surface area contributed by atoms with Crippen molar-refractivity contribution in [1.29, 1.82) is 0 Å². The zero-order valence-electron chi connectivity index (χ0n) is 14.1. The lowest BCUT2D eigenvalue weighted by Gasteiger charge is -2.13. The maximum Gasteiger partial charge on any atom is 0.191 e. The summed E-state index contributed by atoms with van der Waals surface area (Å²) in [6.07, 6.45) is 6.12. The summed E-state index contributed by atoms with van der Waals surface area (Å²) in [7, 11) is 0. The van der Waals surface area contributed by atoms with Gasteiger partial charge in [0, 0.05) is 45.3 Å². The van der Waals surface area contributed by atoms with Crippen LogP contribution in [-0.4, -0.2) is 53.1 Å². The Morgan fingerprint density at radius 1 is 1.43 bits per heavy atom. The zero-order chi connectivity index (χ0) is 15.6. The lowest BCUT2D eigenvalue weighted by atomic mass is 10.4. The summed E-state index contributed by atoms with van der Waals surface area (Å²) >= 11 is 0. The lowest BCUT2D eigenvalue weighted by Crippen LogP contribution is -2.40. The van der Waals surface area contributed by atoms with Gasteiger partial charge < -0.3 is 19.9 Å². The molecule has 0 aliphatic heterocycles. The van der Waals surface area contributed by atoms with E-state index in [1.807, 2.05) is 6.92 Å². The first-order valence-electron chi connectivity index (χ1n) is 8.32. The van der Waals surface area contributed by atoms with Crippen molar-refractivity contribution in [1.82, 2.24) is 25.4 Å². The van der Waals surface area contributed by atoms with Crippen LogP contribution in [0.3, 0.4) is 0 Å². The summed E-state index contributed by atoms with van der Waals surface area (Å²) in [6.45, 7) is 8.10. The molecule has 7 nitrogen and oxygen atoms in total. The number of hydrogen-bond acceptors (Lipinski definition) is 4. The first-order valence-corrected chi connectivity index (χ1v) is 8.32. The SMILES string of the molecule is CCOCCCN=C(NCCn1cnnc1CC)NC1CC1.I. The molecule has 0 saturated heterocycles. The van der Waals surface area contributed by atoms with Crippen molar-refractivity contribution in [2.45, 2.75) is 52.1 Å². The first kappa shape index (κ1) is 20.1. The van der Waals surface area contributed by atoms with Crippen molar-refractivity contribution in [3.63, 3.8) is 0 Å². The molecule has 8 heteroatoms. The molecule has 0 unspecified atom stereocenters. The molecule has 132 valence electrons. The molecule has 1 saturated carbocycles. The van der Waals surface area contributed by atoms with E-state index < -0.39 is 0 Å². The van der Waals surface area contributed by atoms with Gasteiger partial charge in [-0.2, -0.15) is 0 Å². The Hall–Kier alpha value is -0.900. The predicted molar refractivity (Wildman–Crippen MR) is 102 cm³/mol.